The zero-order valence-electron chi connectivity index (χ0n) is 10.7. The number of rotatable bonds is 7. The number of amides is 2. The Kier molecular flexibility index (Phi) is 6.60. The van der Waals surface area contributed by atoms with Gasteiger partial charge in [0, 0.05) is 4.90 Å². The first-order chi connectivity index (χ1) is 9.88. The van der Waals surface area contributed by atoms with E-state index in [1.807, 2.05) is 0 Å². The lowest BCUT2D eigenvalue weighted by molar-refractivity contribution is -0.137. The van der Waals surface area contributed by atoms with Crippen LogP contribution in [0.15, 0.2) is 23.1 Å². The van der Waals surface area contributed by atoms with Crippen molar-refractivity contribution in [3.8, 4) is 0 Å². The lowest BCUT2D eigenvalue weighted by Gasteiger charge is -2.05. The summed E-state index contributed by atoms with van der Waals surface area (Å²) >= 11 is 0.977. The fourth-order valence-corrected chi connectivity index (χ4v) is 1.93. The maximum Gasteiger partial charge on any atom is 0.322 e. The predicted molar refractivity (Wildman–Crippen MR) is 70.7 cm³/mol. The predicted octanol–water partition coefficient (Wildman–Crippen LogP) is 0.374. The second-order valence-corrected chi connectivity index (χ2v) is 4.86. The van der Waals surface area contributed by atoms with E-state index in [0.29, 0.717) is 4.90 Å². The number of carbonyl (C=O) groups is 3. The minimum atomic E-state index is -1.19. The number of carbonyl (C=O) groups excluding carboxylic acids is 2. The molecule has 0 aliphatic carbocycles. The number of aliphatic carboxylic acids is 1. The molecule has 1 aromatic carbocycles. The molecule has 0 atom stereocenters. The molecule has 0 radical (unpaired) electrons. The third-order valence-corrected chi connectivity index (χ3v) is 3.14. The lowest BCUT2D eigenvalue weighted by Crippen LogP contribution is -2.39. The molecule has 0 aliphatic rings. The van der Waals surface area contributed by atoms with E-state index >= 15 is 0 Å². The number of carboxylic acid groups (broad SMARTS) is 1. The molecule has 0 heterocycles. The molecule has 6 nitrogen and oxygen atoms in total. The summed E-state index contributed by atoms with van der Waals surface area (Å²) in [6, 6.07) is 3.25. The van der Waals surface area contributed by atoms with Crippen molar-refractivity contribution in [2.45, 2.75) is 4.90 Å². The molecule has 0 saturated carbocycles. The van der Waals surface area contributed by atoms with Gasteiger partial charge in [-0.1, -0.05) is 0 Å². The minimum absolute atomic E-state index is 0.0860. The largest absolute Gasteiger partial charge is 0.480 e. The lowest BCUT2D eigenvalue weighted by atomic mass is 10.3. The highest BCUT2D eigenvalue weighted by Crippen LogP contribution is 2.19. The summed E-state index contributed by atoms with van der Waals surface area (Å²) in [6.45, 7) is -0.886. The molecule has 0 bridgehead atoms. The van der Waals surface area contributed by atoms with E-state index in [2.05, 4.69) is 10.6 Å². The molecule has 21 heavy (non-hydrogen) atoms. The monoisotopic (exact) mass is 318 g/mol. The van der Waals surface area contributed by atoms with Gasteiger partial charge in [0.15, 0.2) is 11.6 Å². The number of carboxylic acids is 1. The Morgan fingerprint density at radius 1 is 1.05 bits per heavy atom. The zero-order valence-corrected chi connectivity index (χ0v) is 11.5. The molecule has 9 heteroatoms. The van der Waals surface area contributed by atoms with E-state index in [0.717, 1.165) is 23.9 Å². The SMILES string of the molecule is O=C(O)CNC(=O)CNC(=O)CSc1ccc(F)c(F)c1. The van der Waals surface area contributed by atoms with Gasteiger partial charge in [-0.05, 0) is 18.2 Å². The van der Waals surface area contributed by atoms with Crippen LogP contribution in [0.25, 0.3) is 0 Å². The fraction of sp³-hybridized carbons (Fsp3) is 0.250. The third-order valence-electron chi connectivity index (χ3n) is 2.14. The third kappa shape index (κ3) is 6.70. The van der Waals surface area contributed by atoms with Gasteiger partial charge >= 0.3 is 5.97 Å². The van der Waals surface area contributed by atoms with Gasteiger partial charge in [0.2, 0.25) is 11.8 Å². The van der Waals surface area contributed by atoms with E-state index in [4.69, 9.17) is 5.11 Å². The zero-order chi connectivity index (χ0) is 15.8. The molecule has 0 aromatic heterocycles. The van der Waals surface area contributed by atoms with Crippen LogP contribution in [-0.4, -0.2) is 41.7 Å². The number of halogens is 2. The van der Waals surface area contributed by atoms with Crippen LogP contribution >= 0.6 is 11.8 Å². The minimum Gasteiger partial charge on any atom is -0.480 e. The summed E-state index contributed by atoms with van der Waals surface area (Å²) in [5, 5.41) is 12.7. The molecule has 114 valence electrons. The second kappa shape index (κ2) is 8.20. The van der Waals surface area contributed by atoms with Crippen molar-refractivity contribution in [2.24, 2.45) is 0 Å². The normalized spacial score (nSPS) is 10.0. The van der Waals surface area contributed by atoms with Crippen molar-refractivity contribution in [3.63, 3.8) is 0 Å². The second-order valence-electron chi connectivity index (χ2n) is 3.81. The molecule has 0 saturated heterocycles. The highest BCUT2D eigenvalue weighted by atomic mass is 32.2. The van der Waals surface area contributed by atoms with Crippen molar-refractivity contribution in [1.82, 2.24) is 10.6 Å². The van der Waals surface area contributed by atoms with Gasteiger partial charge in [-0.2, -0.15) is 0 Å². The van der Waals surface area contributed by atoms with E-state index in [1.165, 1.54) is 6.07 Å². The molecular weight excluding hydrogens is 306 g/mol. The molecule has 1 aromatic rings. The molecular formula is C12H12F2N2O4S. The summed E-state index contributed by atoms with van der Waals surface area (Å²) < 4.78 is 25.6. The van der Waals surface area contributed by atoms with Crippen LogP contribution in [0.2, 0.25) is 0 Å². The van der Waals surface area contributed by atoms with Crippen LogP contribution in [0.1, 0.15) is 0 Å². The highest BCUT2D eigenvalue weighted by molar-refractivity contribution is 8.00. The Bertz CT molecular complexity index is 554. The molecule has 0 unspecified atom stereocenters. The van der Waals surface area contributed by atoms with Crippen molar-refractivity contribution in [3.05, 3.63) is 29.8 Å². The summed E-state index contributed by atoms with van der Waals surface area (Å²) in [5.74, 6) is -4.38. The Balaban J connectivity index is 2.29. The van der Waals surface area contributed by atoms with Crippen LogP contribution < -0.4 is 10.6 Å². The summed E-state index contributed by atoms with van der Waals surface area (Å²) in [7, 11) is 0. The smallest absolute Gasteiger partial charge is 0.322 e. The Morgan fingerprint density at radius 2 is 1.71 bits per heavy atom. The van der Waals surface area contributed by atoms with Crippen LogP contribution in [0.5, 0.6) is 0 Å². The average Bonchev–Trinajstić information content (AvgIpc) is 2.44. The van der Waals surface area contributed by atoms with Gasteiger partial charge in [-0.25, -0.2) is 8.78 Å². The maximum absolute atomic E-state index is 12.9. The van der Waals surface area contributed by atoms with Gasteiger partial charge in [-0.3, -0.25) is 14.4 Å². The van der Waals surface area contributed by atoms with Gasteiger partial charge in [-0.15, -0.1) is 11.8 Å². The summed E-state index contributed by atoms with van der Waals surface area (Å²) in [5.41, 5.74) is 0. The quantitative estimate of drug-likeness (QED) is 0.632. The van der Waals surface area contributed by atoms with Crippen molar-refractivity contribution in [1.29, 1.82) is 0 Å². The molecule has 0 aliphatic heterocycles. The standard InChI is InChI=1S/C12H12F2N2O4S/c13-8-2-1-7(3-9(8)14)21-6-11(18)15-4-10(17)16-5-12(19)20/h1-3H,4-6H2,(H,15,18)(H,16,17)(H,19,20). The van der Waals surface area contributed by atoms with Gasteiger partial charge in [0.1, 0.15) is 6.54 Å². The van der Waals surface area contributed by atoms with Crippen LogP contribution in [-0.2, 0) is 14.4 Å². The number of hydrogen-bond donors (Lipinski definition) is 3. The molecule has 1 rings (SSSR count). The van der Waals surface area contributed by atoms with Crippen LogP contribution in [0.4, 0.5) is 8.78 Å². The van der Waals surface area contributed by atoms with E-state index in [-0.39, 0.29) is 12.3 Å². The summed E-state index contributed by atoms with van der Waals surface area (Å²) in [6.07, 6.45) is 0. The number of thioether (sulfide) groups is 1. The molecule has 0 fully saturated rings. The molecule has 3 N–H and O–H groups in total. The molecule has 2 amide bonds. The van der Waals surface area contributed by atoms with Crippen molar-refractivity contribution >= 4 is 29.5 Å². The van der Waals surface area contributed by atoms with Gasteiger partial charge in [0.25, 0.3) is 0 Å². The van der Waals surface area contributed by atoms with Crippen LogP contribution in [0.3, 0.4) is 0 Å². The van der Waals surface area contributed by atoms with E-state index < -0.39 is 36.0 Å². The Labute approximate surface area is 122 Å². The summed E-state index contributed by atoms with van der Waals surface area (Å²) in [4.78, 5) is 33.1. The molecule has 0 spiro atoms. The van der Waals surface area contributed by atoms with Crippen molar-refractivity contribution < 1.29 is 28.3 Å². The first-order valence-corrected chi connectivity index (χ1v) is 6.70. The first-order valence-electron chi connectivity index (χ1n) is 5.71. The number of hydrogen-bond acceptors (Lipinski definition) is 4. The van der Waals surface area contributed by atoms with E-state index in [1.54, 1.807) is 0 Å². The first kappa shape index (κ1) is 16.9. The Morgan fingerprint density at radius 3 is 2.33 bits per heavy atom. The van der Waals surface area contributed by atoms with Gasteiger partial charge < -0.3 is 15.7 Å². The van der Waals surface area contributed by atoms with E-state index in [9.17, 15) is 23.2 Å². The fourth-order valence-electron chi connectivity index (χ4n) is 1.18. The number of benzene rings is 1. The topological polar surface area (TPSA) is 95.5 Å². The van der Waals surface area contributed by atoms with Crippen molar-refractivity contribution in [2.75, 3.05) is 18.8 Å². The maximum atomic E-state index is 12.9. The number of nitrogens with one attached hydrogen (secondary N) is 2. The Hall–Kier alpha value is -2.16. The van der Waals surface area contributed by atoms with Gasteiger partial charge in [0.05, 0.1) is 12.3 Å². The highest BCUT2D eigenvalue weighted by Gasteiger charge is 2.08. The average molecular weight is 318 g/mol. The van der Waals surface area contributed by atoms with Crippen LogP contribution in [0, 0.1) is 11.6 Å².